The minimum absolute atomic E-state index is 0.249. The summed E-state index contributed by atoms with van der Waals surface area (Å²) in [5.41, 5.74) is 2.83. The van der Waals surface area contributed by atoms with Gasteiger partial charge >= 0.3 is 0 Å². The van der Waals surface area contributed by atoms with Crippen molar-refractivity contribution in [3.05, 3.63) is 96.9 Å². The van der Waals surface area contributed by atoms with E-state index in [-0.39, 0.29) is 25.7 Å². The molecule has 0 aliphatic carbocycles. The summed E-state index contributed by atoms with van der Waals surface area (Å²) < 4.78 is 36.0. The molecular formula is C39H37F2N17. The minimum Gasteiger partial charge on any atom is -0.368 e. The van der Waals surface area contributed by atoms with Gasteiger partial charge in [-0.3, -0.25) is 14.6 Å². The maximum Gasteiger partial charge on any atom is 0.181 e. The SMILES string of the molecule is Cn1cc2cc(-c3nccc(C#N)c3N3CCC(F)(c4nncn4C)CC3)cnc2n1.Cn1cnnc1C1(F)CCN(c2c(C#N)ccnc2-c2ccnnc2)CC1. The van der Waals surface area contributed by atoms with E-state index in [4.69, 9.17) is 0 Å². The highest BCUT2D eigenvalue weighted by Gasteiger charge is 2.42. The molecule has 2 fully saturated rings. The number of anilines is 2. The van der Waals surface area contributed by atoms with Crippen molar-refractivity contribution in [1.29, 1.82) is 10.5 Å². The van der Waals surface area contributed by atoms with Gasteiger partial charge in [-0.2, -0.15) is 25.8 Å². The second kappa shape index (κ2) is 15.3. The van der Waals surface area contributed by atoms with Crippen molar-refractivity contribution in [2.24, 2.45) is 21.1 Å². The predicted octanol–water partition coefficient (Wildman–Crippen LogP) is 4.50. The summed E-state index contributed by atoms with van der Waals surface area (Å²) in [6.07, 6.45) is 14.0. The molecule has 0 amide bonds. The molecule has 0 radical (unpaired) electrons. The van der Waals surface area contributed by atoms with Gasteiger partial charge in [0.1, 0.15) is 24.8 Å². The maximum atomic E-state index is 15.6. The van der Waals surface area contributed by atoms with Gasteiger partial charge in [-0.15, -0.1) is 20.4 Å². The zero-order chi connectivity index (χ0) is 40.4. The molecule has 2 aliphatic heterocycles. The first-order valence-corrected chi connectivity index (χ1v) is 18.5. The number of halogens is 2. The Bertz CT molecular complexity index is 2660. The number of nitrogens with zero attached hydrogens (tertiary/aromatic N) is 17. The van der Waals surface area contributed by atoms with Crippen molar-refractivity contribution in [2.45, 2.75) is 37.0 Å². The number of hydrogen-bond acceptors (Lipinski definition) is 14. The third-order valence-electron chi connectivity index (χ3n) is 10.7. The molecule has 2 aliphatic rings. The highest BCUT2D eigenvalue weighted by molar-refractivity contribution is 5.85. The number of pyridine rings is 3. The summed E-state index contributed by atoms with van der Waals surface area (Å²) in [6, 6.07) is 11.6. The van der Waals surface area contributed by atoms with Gasteiger partial charge in [0.05, 0.1) is 46.3 Å². The number of aromatic nitrogens is 13. The van der Waals surface area contributed by atoms with E-state index in [1.807, 2.05) is 29.1 Å². The number of hydrogen-bond donors (Lipinski definition) is 0. The Morgan fingerprint density at radius 3 is 1.64 bits per heavy atom. The third-order valence-corrected chi connectivity index (χ3v) is 10.7. The van der Waals surface area contributed by atoms with E-state index in [2.05, 4.69) is 62.8 Å². The zero-order valence-electron chi connectivity index (χ0n) is 31.9. The smallest absolute Gasteiger partial charge is 0.181 e. The molecule has 0 N–H and O–H groups in total. The maximum absolute atomic E-state index is 15.6. The van der Waals surface area contributed by atoms with Gasteiger partial charge in [0.15, 0.2) is 28.6 Å². The lowest BCUT2D eigenvalue weighted by atomic mass is 9.91. The summed E-state index contributed by atoms with van der Waals surface area (Å²) in [4.78, 5) is 17.5. The van der Waals surface area contributed by atoms with Crippen molar-refractivity contribution >= 4 is 22.4 Å². The third kappa shape index (κ3) is 7.02. The minimum atomic E-state index is -1.55. The van der Waals surface area contributed by atoms with E-state index in [0.717, 1.165) is 16.5 Å². The summed E-state index contributed by atoms with van der Waals surface area (Å²) in [6.45, 7) is 1.74. The first kappa shape index (κ1) is 37.6. The highest BCUT2D eigenvalue weighted by Crippen LogP contribution is 2.42. The Balaban J connectivity index is 0.000000164. The van der Waals surface area contributed by atoms with Crippen LogP contribution in [0.15, 0.2) is 74.1 Å². The van der Waals surface area contributed by atoms with Gasteiger partial charge in [0, 0.05) is 114 Å². The largest absolute Gasteiger partial charge is 0.368 e. The molecule has 0 spiro atoms. The lowest BCUT2D eigenvalue weighted by Crippen LogP contribution is -2.42. The molecule has 0 unspecified atom stereocenters. The number of fused-ring (bicyclic) bond motifs is 1. The molecule has 292 valence electrons. The van der Waals surface area contributed by atoms with Crippen molar-refractivity contribution in [2.75, 3.05) is 36.0 Å². The molecule has 9 heterocycles. The van der Waals surface area contributed by atoms with Gasteiger partial charge < -0.3 is 18.9 Å². The van der Waals surface area contributed by atoms with Crippen molar-refractivity contribution in [3.8, 4) is 34.7 Å². The van der Waals surface area contributed by atoms with Crippen LogP contribution < -0.4 is 9.80 Å². The van der Waals surface area contributed by atoms with Crippen LogP contribution in [0.25, 0.3) is 33.5 Å². The van der Waals surface area contributed by atoms with Gasteiger partial charge in [-0.25, -0.2) is 13.8 Å². The molecular weight excluding hydrogens is 745 g/mol. The molecule has 17 nitrogen and oxygen atoms in total. The average molecular weight is 782 g/mol. The van der Waals surface area contributed by atoms with Crippen molar-refractivity contribution < 1.29 is 8.78 Å². The van der Waals surface area contributed by atoms with Crippen LogP contribution in [0.2, 0.25) is 0 Å². The van der Waals surface area contributed by atoms with Crippen LogP contribution in [0.4, 0.5) is 20.2 Å². The topological polar surface area (TPSA) is 198 Å². The lowest BCUT2D eigenvalue weighted by Gasteiger charge is -2.37. The summed E-state index contributed by atoms with van der Waals surface area (Å²) in [5.74, 6) is 0.678. The van der Waals surface area contributed by atoms with Crippen LogP contribution in [0.1, 0.15) is 48.5 Å². The van der Waals surface area contributed by atoms with Crippen LogP contribution >= 0.6 is 0 Å². The summed E-state index contributed by atoms with van der Waals surface area (Å²) in [5, 5.41) is 47.8. The van der Waals surface area contributed by atoms with E-state index in [0.29, 0.717) is 77.4 Å². The molecule has 0 saturated carbocycles. The molecule has 2 saturated heterocycles. The van der Waals surface area contributed by atoms with Gasteiger partial charge in [0.25, 0.3) is 0 Å². The Morgan fingerprint density at radius 1 is 0.638 bits per heavy atom. The molecule has 9 rings (SSSR count). The molecule has 7 aromatic heterocycles. The first-order valence-electron chi connectivity index (χ1n) is 18.5. The Labute approximate surface area is 331 Å². The summed E-state index contributed by atoms with van der Waals surface area (Å²) >= 11 is 0. The van der Waals surface area contributed by atoms with E-state index in [1.54, 1.807) is 77.1 Å². The van der Waals surface area contributed by atoms with Crippen LogP contribution in [0.5, 0.6) is 0 Å². The van der Waals surface area contributed by atoms with E-state index < -0.39 is 11.3 Å². The van der Waals surface area contributed by atoms with Gasteiger partial charge in [-0.1, -0.05) is 0 Å². The van der Waals surface area contributed by atoms with Crippen LogP contribution in [0, 0.1) is 22.7 Å². The zero-order valence-corrected chi connectivity index (χ0v) is 31.9. The van der Waals surface area contributed by atoms with Gasteiger partial charge in [-0.05, 0) is 24.3 Å². The normalized spacial score (nSPS) is 16.0. The lowest BCUT2D eigenvalue weighted by molar-refractivity contribution is 0.109. The fourth-order valence-corrected chi connectivity index (χ4v) is 7.74. The van der Waals surface area contributed by atoms with Crippen molar-refractivity contribution in [1.82, 2.24) is 64.5 Å². The fourth-order valence-electron chi connectivity index (χ4n) is 7.74. The number of rotatable bonds is 6. The molecule has 0 bridgehead atoms. The highest BCUT2D eigenvalue weighted by atomic mass is 19.1. The molecule has 19 heteroatoms. The molecule has 0 aromatic carbocycles. The second-order valence-corrected chi connectivity index (χ2v) is 14.3. The number of aryl methyl sites for hydroxylation is 3. The monoisotopic (exact) mass is 781 g/mol. The Kier molecular flexibility index (Phi) is 9.95. The van der Waals surface area contributed by atoms with E-state index in [9.17, 15) is 10.5 Å². The average Bonchev–Trinajstić information content (AvgIpc) is 4.00. The number of piperidine rings is 2. The van der Waals surface area contributed by atoms with Crippen LogP contribution in [0.3, 0.4) is 0 Å². The first-order chi connectivity index (χ1) is 28.1. The van der Waals surface area contributed by atoms with Crippen LogP contribution in [-0.4, -0.2) is 90.6 Å². The Hall–Kier alpha value is -7.28. The second-order valence-electron chi connectivity index (χ2n) is 14.3. The quantitative estimate of drug-likeness (QED) is 0.229. The number of alkyl halides is 2. The number of nitriles is 2. The van der Waals surface area contributed by atoms with Crippen molar-refractivity contribution in [3.63, 3.8) is 0 Å². The van der Waals surface area contributed by atoms with E-state index >= 15 is 8.78 Å². The molecule has 58 heavy (non-hydrogen) atoms. The fraction of sp³-hybridized carbons (Fsp3) is 0.333. The molecule has 7 aromatic rings. The predicted molar refractivity (Wildman–Crippen MR) is 207 cm³/mol. The van der Waals surface area contributed by atoms with E-state index in [1.165, 1.54) is 12.7 Å². The standard InChI is InChI=1S/C21H20FN9.C18H17FN8/c1-29-13-26-27-20(29)21(22)4-7-31(8-5-21)18-14(10-23)3-6-24-17(18)15-9-16-12-30(2)28-19(16)25-11-15;1-26-12-24-25-17(26)18(19)4-8-27(9-5-18)16-13(10-20)2-6-21-15(16)14-3-7-22-23-11-14/h3,6,9,11-13H,4-5,7-8H2,1-2H3;2-3,6-7,11-12H,4-5,8-9H2,1H3. The Morgan fingerprint density at radius 2 is 1.17 bits per heavy atom. The summed E-state index contributed by atoms with van der Waals surface area (Å²) in [7, 11) is 5.33. The van der Waals surface area contributed by atoms with Crippen LogP contribution in [-0.2, 0) is 32.5 Å². The van der Waals surface area contributed by atoms with Gasteiger partial charge in [0.2, 0.25) is 0 Å². The molecule has 0 atom stereocenters.